The van der Waals surface area contributed by atoms with E-state index in [9.17, 15) is 4.79 Å². The molecule has 1 aliphatic heterocycles. The quantitative estimate of drug-likeness (QED) is 0.688. The third-order valence-corrected chi connectivity index (χ3v) is 4.78. The maximum atomic E-state index is 12.2. The molecule has 3 heterocycles. The van der Waals surface area contributed by atoms with E-state index in [0.717, 1.165) is 22.1 Å². The molecule has 26 heavy (non-hydrogen) atoms. The van der Waals surface area contributed by atoms with E-state index in [2.05, 4.69) is 20.5 Å². The highest BCUT2D eigenvalue weighted by atomic mass is 32.2. The van der Waals surface area contributed by atoms with Gasteiger partial charge in [0.25, 0.3) is 5.78 Å². The minimum atomic E-state index is -0.120. The van der Waals surface area contributed by atoms with Gasteiger partial charge in [-0.1, -0.05) is 0 Å². The summed E-state index contributed by atoms with van der Waals surface area (Å²) in [7, 11) is 0. The lowest BCUT2D eigenvalue weighted by atomic mass is 10.3. The van der Waals surface area contributed by atoms with Crippen molar-refractivity contribution in [1.29, 1.82) is 0 Å². The molecule has 0 saturated carbocycles. The Morgan fingerprint density at radius 1 is 1.23 bits per heavy atom. The summed E-state index contributed by atoms with van der Waals surface area (Å²) < 4.78 is 12.7. The van der Waals surface area contributed by atoms with Crippen molar-refractivity contribution in [3.63, 3.8) is 0 Å². The largest absolute Gasteiger partial charge is 0.486 e. The normalized spacial score (nSPS) is 13.0. The average Bonchev–Trinajstić information content (AvgIpc) is 3.03. The Morgan fingerprint density at radius 3 is 2.96 bits per heavy atom. The van der Waals surface area contributed by atoms with Gasteiger partial charge in [0.15, 0.2) is 11.5 Å². The van der Waals surface area contributed by atoms with Crippen molar-refractivity contribution in [1.82, 2.24) is 19.6 Å². The van der Waals surface area contributed by atoms with Gasteiger partial charge in [-0.2, -0.15) is 0 Å². The summed E-state index contributed by atoms with van der Waals surface area (Å²) in [5.41, 5.74) is 0.846. The second kappa shape index (κ2) is 7.20. The number of hydrogen-bond acceptors (Lipinski definition) is 7. The Bertz CT molecular complexity index is 959. The molecule has 134 valence electrons. The van der Waals surface area contributed by atoms with Crippen LogP contribution in [0.3, 0.4) is 0 Å². The van der Waals surface area contributed by atoms with Crippen LogP contribution in [0.1, 0.15) is 12.1 Å². The fourth-order valence-corrected chi connectivity index (χ4v) is 3.40. The number of anilines is 1. The first-order valence-electron chi connectivity index (χ1n) is 8.20. The smallest absolute Gasteiger partial charge is 0.256 e. The zero-order valence-electron chi connectivity index (χ0n) is 14.1. The number of carbonyl (C=O) groups excluding carboxylic acids is 1. The maximum Gasteiger partial charge on any atom is 0.256 e. The number of hydrogen-bond donors (Lipinski definition) is 1. The lowest BCUT2D eigenvalue weighted by Gasteiger charge is -2.18. The van der Waals surface area contributed by atoms with Crippen molar-refractivity contribution in [3.8, 4) is 11.5 Å². The molecule has 1 aliphatic rings. The summed E-state index contributed by atoms with van der Waals surface area (Å²) in [5, 5.41) is 10.7. The van der Waals surface area contributed by atoms with Crippen LogP contribution in [0.15, 0.2) is 35.4 Å². The minimum absolute atomic E-state index is 0.120. The Kier molecular flexibility index (Phi) is 4.61. The van der Waals surface area contributed by atoms with Crippen molar-refractivity contribution in [2.45, 2.75) is 18.2 Å². The number of benzene rings is 1. The van der Waals surface area contributed by atoms with Gasteiger partial charge in [0.2, 0.25) is 11.9 Å². The van der Waals surface area contributed by atoms with Crippen molar-refractivity contribution in [3.05, 3.63) is 36.2 Å². The second-order valence-electron chi connectivity index (χ2n) is 5.71. The lowest BCUT2D eigenvalue weighted by Crippen LogP contribution is -2.15. The molecule has 0 radical (unpaired) electrons. The highest BCUT2D eigenvalue weighted by molar-refractivity contribution is 7.99. The number of thioether (sulfide) groups is 1. The van der Waals surface area contributed by atoms with Gasteiger partial charge in [-0.15, -0.1) is 22.0 Å². The van der Waals surface area contributed by atoms with Gasteiger partial charge in [0, 0.05) is 29.0 Å². The molecular weight excluding hydrogens is 354 g/mol. The van der Waals surface area contributed by atoms with Crippen LogP contribution in [0.5, 0.6) is 11.5 Å². The second-order valence-corrected chi connectivity index (χ2v) is 6.88. The van der Waals surface area contributed by atoms with Crippen LogP contribution in [0.25, 0.3) is 5.78 Å². The van der Waals surface area contributed by atoms with Crippen molar-refractivity contribution in [2.75, 3.05) is 24.3 Å². The summed E-state index contributed by atoms with van der Waals surface area (Å²) in [5.74, 6) is 2.88. The first-order chi connectivity index (χ1) is 12.7. The van der Waals surface area contributed by atoms with Gasteiger partial charge in [0.1, 0.15) is 13.2 Å². The summed E-state index contributed by atoms with van der Waals surface area (Å²) in [6, 6.07) is 7.64. The highest BCUT2D eigenvalue weighted by Gasteiger charge is 2.13. The Morgan fingerprint density at radius 2 is 2.08 bits per heavy atom. The molecule has 8 nitrogen and oxygen atoms in total. The van der Waals surface area contributed by atoms with E-state index >= 15 is 0 Å². The monoisotopic (exact) mass is 371 g/mol. The number of nitrogens with one attached hydrogen (secondary N) is 1. The van der Waals surface area contributed by atoms with E-state index in [0.29, 0.717) is 37.1 Å². The molecule has 0 spiro atoms. The molecule has 2 aromatic heterocycles. The standard InChI is InChI=1S/C17H17N5O3S/c1-11-4-6-22-16(18-11)20-21-17(22)19-15(23)5-9-26-12-2-3-13-14(10-12)25-8-7-24-13/h2-4,6,10H,5,7-9H2,1H3,(H,19,21,23). The van der Waals surface area contributed by atoms with Crippen LogP contribution in [-0.2, 0) is 4.79 Å². The third-order valence-electron chi connectivity index (χ3n) is 3.78. The predicted octanol–water partition coefficient (Wildman–Crippen LogP) is 2.32. The molecule has 0 saturated heterocycles. The number of amides is 1. The van der Waals surface area contributed by atoms with Crippen LogP contribution in [0.4, 0.5) is 5.95 Å². The number of aromatic nitrogens is 4. The van der Waals surface area contributed by atoms with Crippen LogP contribution in [-0.4, -0.2) is 44.5 Å². The highest BCUT2D eigenvalue weighted by Crippen LogP contribution is 2.34. The molecule has 0 aliphatic carbocycles. The molecule has 0 bridgehead atoms. The number of rotatable bonds is 5. The van der Waals surface area contributed by atoms with Crippen LogP contribution in [0, 0.1) is 6.92 Å². The minimum Gasteiger partial charge on any atom is -0.486 e. The molecule has 1 amide bonds. The van der Waals surface area contributed by atoms with Crippen molar-refractivity contribution >= 4 is 29.4 Å². The van der Waals surface area contributed by atoms with E-state index in [1.54, 1.807) is 22.4 Å². The van der Waals surface area contributed by atoms with Crippen LogP contribution >= 0.6 is 11.8 Å². The number of ether oxygens (including phenoxy) is 2. The van der Waals surface area contributed by atoms with Gasteiger partial charge in [-0.25, -0.2) is 4.98 Å². The van der Waals surface area contributed by atoms with E-state index in [-0.39, 0.29) is 5.91 Å². The first-order valence-corrected chi connectivity index (χ1v) is 9.18. The summed E-state index contributed by atoms with van der Waals surface area (Å²) in [4.78, 5) is 17.5. The molecular formula is C17H17N5O3S. The van der Waals surface area contributed by atoms with Gasteiger partial charge >= 0.3 is 0 Å². The summed E-state index contributed by atoms with van der Waals surface area (Å²) >= 11 is 1.59. The lowest BCUT2D eigenvalue weighted by molar-refractivity contribution is -0.115. The molecule has 0 atom stereocenters. The maximum absolute atomic E-state index is 12.2. The number of carbonyl (C=O) groups is 1. The zero-order chi connectivity index (χ0) is 17.9. The molecule has 1 N–H and O–H groups in total. The molecule has 4 rings (SSSR count). The van der Waals surface area contributed by atoms with Gasteiger partial charge < -0.3 is 9.47 Å². The average molecular weight is 371 g/mol. The van der Waals surface area contributed by atoms with E-state index in [1.807, 2.05) is 31.2 Å². The molecule has 9 heteroatoms. The summed E-state index contributed by atoms with van der Waals surface area (Å²) in [6.45, 7) is 3.01. The van der Waals surface area contributed by atoms with Crippen LogP contribution < -0.4 is 14.8 Å². The fraction of sp³-hybridized carbons (Fsp3) is 0.294. The van der Waals surface area contributed by atoms with E-state index in [1.165, 1.54) is 0 Å². The summed E-state index contributed by atoms with van der Waals surface area (Å²) in [6.07, 6.45) is 2.14. The van der Waals surface area contributed by atoms with Crippen molar-refractivity contribution < 1.29 is 14.3 Å². The molecule has 0 fully saturated rings. The predicted molar refractivity (Wildman–Crippen MR) is 96.9 cm³/mol. The molecule has 1 aromatic carbocycles. The van der Waals surface area contributed by atoms with E-state index < -0.39 is 0 Å². The van der Waals surface area contributed by atoms with Gasteiger partial charge in [-0.3, -0.25) is 14.5 Å². The van der Waals surface area contributed by atoms with Crippen LogP contribution in [0.2, 0.25) is 0 Å². The number of fused-ring (bicyclic) bond motifs is 2. The number of nitrogens with zero attached hydrogens (tertiary/aromatic N) is 4. The Labute approximate surface area is 153 Å². The fourth-order valence-electron chi connectivity index (χ4n) is 2.52. The SMILES string of the molecule is Cc1ccn2c(NC(=O)CCSc3ccc4c(c3)OCCO4)nnc2n1. The zero-order valence-corrected chi connectivity index (χ0v) is 15.0. The van der Waals surface area contributed by atoms with Crippen molar-refractivity contribution in [2.24, 2.45) is 0 Å². The van der Waals surface area contributed by atoms with Gasteiger partial charge in [0.05, 0.1) is 0 Å². The third kappa shape index (κ3) is 3.57. The topological polar surface area (TPSA) is 90.6 Å². The van der Waals surface area contributed by atoms with Gasteiger partial charge in [-0.05, 0) is 31.2 Å². The number of aryl methyl sites for hydroxylation is 1. The Balaban J connectivity index is 1.32. The van der Waals surface area contributed by atoms with E-state index in [4.69, 9.17) is 9.47 Å². The molecule has 3 aromatic rings. The molecule has 0 unspecified atom stereocenters. The first kappa shape index (κ1) is 16.6. The Hall–Kier alpha value is -2.81.